The molecule has 0 N–H and O–H groups in total. The Balaban J connectivity index is 1.54. The fraction of sp³-hybridized carbons (Fsp3) is 0.455. The molecule has 0 amide bonds. The van der Waals surface area contributed by atoms with Gasteiger partial charge in [0.25, 0.3) is 0 Å². The standard InChI is InChI=1S/C22H24O2/c1-3-9-16(10-4-1)20-21(17-11-5-2-6-12-17)24-22(23-20)14-8-7-13-18-15-19(18)22/h1-6,9-12,18-21H,7-8,13-15H2/t18-,19+,20-,21-/m0/s1. The maximum Gasteiger partial charge on any atom is 0.173 e. The third-order valence-corrected chi connectivity index (χ3v) is 6.02. The van der Waals surface area contributed by atoms with E-state index in [1.54, 1.807) is 0 Å². The molecule has 1 spiro atoms. The van der Waals surface area contributed by atoms with Crippen molar-refractivity contribution in [1.82, 2.24) is 0 Å². The van der Waals surface area contributed by atoms with Crippen molar-refractivity contribution in [2.75, 3.05) is 0 Å². The van der Waals surface area contributed by atoms with E-state index in [1.165, 1.54) is 36.8 Å². The maximum absolute atomic E-state index is 6.75. The first-order valence-electron chi connectivity index (χ1n) is 9.31. The van der Waals surface area contributed by atoms with Crippen LogP contribution in [0.15, 0.2) is 60.7 Å². The van der Waals surface area contributed by atoms with Crippen LogP contribution in [0.2, 0.25) is 0 Å². The lowest BCUT2D eigenvalue weighted by Crippen LogP contribution is -2.33. The number of hydrogen-bond acceptors (Lipinski definition) is 2. The van der Waals surface area contributed by atoms with Gasteiger partial charge < -0.3 is 9.47 Å². The zero-order valence-electron chi connectivity index (χ0n) is 13.9. The first-order chi connectivity index (χ1) is 11.9. The molecule has 4 atom stereocenters. The Morgan fingerprint density at radius 2 is 1.33 bits per heavy atom. The van der Waals surface area contributed by atoms with Gasteiger partial charge in [0.2, 0.25) is 0 Å². The lowest BCUT2D eigenvalue weighted by atomic mass is 9.99. The van der Waals surface area contributed by atoms with Crippen LogP contribution < -0.4 is 0 Å². The van der Waals surface area contributed by atoms with Crippen molar-refractivity contribution in [2.24, 2.45) is 11.8 Å². The smallest absolute Gasteiger partial charge is 0.173 e. The van der Waals surface area contributed by atoms with E-state index in [4.69, 9.17) is 9.47 Å². The molecule has 0 bridgehead atoms. The summed E-state index contributed by atoms with van der Waals surface area (Å²) in [7, 11) is 0. The van der Waals surface area contributed by atoms with Gasteiger partial charge in [-0.2, -0.15) is 0 Å². The molecule has 3 aliphatic rings. The molecule has 5 rings (SSSR count). The largest absolute Gasteiger partial charge is 0.339 e. The molecule has 2 aromatic rings. The van der Waals surface area contributed by atoms with Crippen LogP contribution in [0.5, 0.6) is 0 Å². The van der Waals surface area contributed by atoms with Crippen LogP contribution in [-0.2, 0) is 9.47 Å². The van der Waals surface area contributed by atoms with Crippen molar-refractivity contribution in [3.05, 3.63) is 71.8 Å². The molecule has 0 radical (unpaired) electrons. The summed E-state index contributed by atoms with van der Waals surface area (Å²) in [5, 5.41) is 0. The van der Waals surface area contributed by atoms with Crippen molar-refractivity contribution in [1.29, 1.82) is 0 Å². The van der Waals surface area contributed by atoms with Gasteiger partial charge in [0.05, 0.1) is 0 Å². The molecule has 0 aromatic heterocycles. The molecule has 2 nitrogen and oxygen atoms in total. The molecule has 0 unspecified atom stereocenters. The highest BCUT2D eigenvalue weighted by Crippen LogP contribution is 2.62. The number of benzene rings is 2. The van der Waals surface area contributed by atoms with Crippen molar-refractivity contribution in [2.45, 2.75) is 50.1 Å². The minimum Gasteiger partial charge on any atom is -0.339 e. The van der Waals surface area contributed by atoms with Gasteiger partial charge in [0.1, 0.15) is 12.2 Å². The number of hydrogen-bond donors (Lipinski definition) is 0. The van der Waals surface area contributed by atoms with Gasteiger partial charge in [-0.05, 0) is 36.3 Å². The molecule has 2 aliphatic carbocycles. The van der Waals surface area contributed by atoms with Crippen LogP contribution >= 0.6 is 0 Å². The Kier molecular flexibility index (Phi) is 3.50. The predicted molar refractivity (Wildman–Crippen MR) is 93.3 cm³/mol. The second-order valence-corrected chi connectivity index (χ2v) is 7.56. The van der Waals surface area contributed by atoms with E-state index in [1.807, 2.05) is 0 Å². The lowest BCUT2D eigenvalue weighted by Gasteiger charge is -2.28. The predicted octanol–water partition coefficient (Wildman–Crippen LogP) is 5.42. The minimum absolute atomic E-state index is 0.00653. The van der Waals surface area contributed by atoms with Crippen LogP contribution in [0.25, 0.3) is 0 Å². The molecule has 124 valence electrons. The first kappa shape index (κ1) is 14.7. The second kappa shape index (κ2) is 5.72. The fourth-order valence-corrected chi connectivity index (χ4v) is 4.71. The number of fused-ring (bicyclic) bond motifs is 2. The average molecular weight is 320 g/mol. The van der Waals surface area contributed by atoms with Crippen LogP contribution in [0, 0.1) is 11.8 Å². The summed E-state index contributed by atoms with van der Waals surface area (Å²) >= 11 is 0. The molecule has 1 saturated heterocycles. The Labute approximate surface area is 143 Å². The Morgan fingerprint density at radius 3 is 1.92 bits per heavy atom. The zero-order valence-corrected chi connectivity index (χ0v) is 13.9. The van der Waals surface area contributed by atoms with Crippen molar-refractivity contribution >= 4 is 0 Å². The van der Waals surface area contributed by atoms with E-state index in [2.05, 4.69) is 60.7 Å². The summed E-state index contributed by atoms with van der Waals surface area (Å²) in [6.07, 6.45) is 6.20. The second-order valence-electron chi connectivity index (χ2n) is 7.56. The zero-order chi connectivity index (χ0) is 16.0. The van der Waals surface area contributed by atoms with Gasteiger partial charge in [-0.3, -0.25) is 0 Å². The first-order valence-corrected chi connectivity index (χ1v) is 9.31. The van der Waals surface area contributed by atoms with E-state index in [-0.39, 0.29) is 18.0 Å². The van der Waals surface area contributed by atoms with Gasteiger partial charge >= 0.3 is 0 Å². The van der Waals surface area contributed by atoms with Crippen LogP contribution in [-0.4, -0.2) is 5.79 Å². The molecular formula is C22H24O2. The third-order valence-electron chi connectivity index (χ3n) is 6.02. The van der Waals surface area contributed by atoms with Crippen LogP contribution in [0.1, 0.15) is 55.4 Å². The van der Waals surface area contributed by atoms with E-state index < -0.39 is 0 Å². The highest BCUT2D eigenvalue weighted by molar-refractivity contribution is 5.27. The van der Waals surface area contributed by atoms with E-state index in [9.17, 15) is 0 Å². The van der Waals surface area contributed by atoms with Gasteiger partial charge in [-0.15, -0.1) is 0 Å². The van der Waals surface area contributed by atoms with Crippen molar-refractivity contribution in [3.8, 4) is 0 Å². The third kappa shape index (κ3) is 2.40. The van der Waals surface area contributed by atoms with Gasteiger partial charge in [0, 0.05) is 12.3 Å². The quantitative estimate of drug-likeness (QED) is 0.735. The summed E-state index contributed by atoms with van der Waals surface area (Å²) in [4.78, 5) is 0. The molecule has 24 heavy (non-hydrogen) atoms. The van der Waals surface area contributed by atoms with E-state index in [0.717, 1.165) is 12.3 Å². The normalized spacial score (nSPS) is 33.8. The van der Waals surface area contributed by atoms with E-state index >= 15 is 0 Å². The molecule has 2 heteroatoms. The number of rotatable bonds is 2. The molecule has 2 saturated carbocycles. The Morgan fingerprint density at radius 1 is 0.750 bits per heavy atom. The highest BCUT2D eigenvalue weighted by atomic mass is 16.8. The Bertz CT molecular complexity index is 649. The average Bonchev–Trinajstić information content (AvgIpc) is 3.35. The molecule has 1 aliphatic heterocycles. The molecular weight excluding hydrogens is 296 g/mol. The van der Waals surface area contributed by atoms with Crippen LogP contribution in [0.3, 0.4) is 0 Å². The number of ether oxygens (including phenoxy) is 2. The maximum atomic E-state index is 6.75. The van der Waals surface area contributed by atoms with Gasteiger partial charge in [-0.25, -0.2) is 0 Å². The summed E-state index contributed by atoms with van der Waals surface area (Å²) in [5.41, 5.74) is 2.45. The van der Waals surface area contributed by atoms with Crippen molar-refractivity contribution < 1.29 is 9.47 Å². The van der Waals surface area contributed by atoms with Gasteiger partial charge in [-0.1, -0.05) is 67.1 Å². The highest BCUT2D eigenvalue weighted by Gasteiger charge is 2.61. The topological polar surface area (TPSA) is 18.5 Å². The molecule has 3 fully saturated rings. The molecule has 1 heterocycles. The molecule has 2 aromatic carbocycles. The monoisotopic (exact) mass is 320 g/mol. The Hall–Kier alpha value is -1.64. The summed E-state index contributed by atoms with van der Waals surface area (Å²) in [6.45, 7) is 0. The summed E-state index contributed by atoms with van der Waals surface area (Å²) in [6, 6.07) is 21.2. The lowest BCUT2D eigenvalue weighted by molar-refractivity contribution is -0.197. The van der Waals surface area contributed by atoms with E-state index in [0.29, 0.717) is 5.92 Å². The summed E-state index contributed by atoms with van der Waals surface area (Å²) < 4.78 is 13.5. The SMILES string of the molecule is c1ccc([C@@H]2OC3(CCCC[C@H]4C[C@H]43)O[C@H]2c2ccccc2)cc1. The minimum atomic E-state index is -0.359. The van der Waals surface area contributed by atoms with Crippen molar-refractivity contribution in [3.63, 3.8) is 0 Å². The van der Waals surface area contributed by atoms with Gasteiger partial charge in [0.15, 0.2) is 5.79 Å². The van der Waals surface area contributed by atoms with Crippen LogP contribution in [0.4, 0.5) is 0 Å². The fourth-order valence-electron chi connectivity index (χ4n) is 4.71. The summed E-state index contributed by atoms with van der Waals surface area (Å²) in [5.74, 6) is 1.06.